The third-order valence-electron chi connectivity index (χ3n) is 2.40. The van der Waals surface area contributed by atoms with E-state index in [1.807, 2.05) is 0 Å². The van der Waals surface area contributed by atoms with E-state index in [1.54, 1.807) is 0 Å². The van der Waals surface area contributed by atoms with Crippen molar-refractivity contribution in [2.45, 2.75) is 32.1 Å². The zero-order valence-electron chi connectivity index (χ0n) is 9.34. The molecule has 1 fully saturated rings. The van der Waals surface area contributed by atoms with Crippen LogP contribution in [-0.2, 0) is 4.74 Å². The van der Waals surface area contributed by atoms with Crippen molar-refractivity contribution in [1.82, 2.24) is 4.90 Å². The average molecular weight is 220 g/mol. The van der Waals surface area contributed by atoms with E-state index in [0.29, 0.717) is 12.5 Å². The summed E-state index contributed by atoms with van der Waals surface area (Å²) in [6.07, 6.45) is 2.66. The van der Waals surface area contributed by atoms with Crippen molar-refractivity contribution in [3.63, 3.8) is 0 Å². The average Bonchev–Trinajstić information content (AvgIpc) is 2.56. The summed E-state index contributed by atoms with van der Waals surface area (Å²) in [6.45, 7) is 9.24. The predicted octanol–water partition coefficient (Wildman–Crippen LogP) is 2.36. The minimum absolute atomic E-state index is 0.159. The third-order valence-corrected chi connectivity index (χ3v) is 2.67. The molecule has 1 heterocycles. The van der Waals surface area contributed by atoms with Gasteiger partial charge in [-0.2, -0.15) is 0 Å². The van der Waals surface area contributed by atoms with Crippen LogP contribution in [0.2, 0.25) is 0 Å². The van der Waals surface area contributed by atoms with Crippen molar-refractivity contribution in [2.24, 2.45) is 5.92 Å². The number of nitrogens with zero attached hydrogens (tertiary/aromatic N) is 1. The summed E-state index contributed by atoms with van der Waals surface area (Å²) in [4.78, 5) is 2.43. The molecule has 1 aliphatic heterocycles. The molecule has 84 valence electrons. The highest BCUT2D eigenvalue weighted by Crippen LogP contribution is 2.10. The van der Waals surface area contributed by atoms with Gasteiger partial charge in [0.25, 0.3) is 0 Å². The lowest BCUT2D eigenvalue weighted by molar-refractivity contribution is 0.104. The van der Waals surface area contributed by atoms with Crippen LogP contribution < -0.4 is 0 Å². The Morgan fingerprint density at radius 3 is 2.43 bits per heavy atom. The highest BCUT2D eigenvalue weighted by molar-refractivity contribution is 6.20. The molecule has 0 radical (unpaired) electrons. The smallest absolute Gasteiger partial charge is 0.0696 e. The number of hydrogen-bond donors (Lipinski definition) is 0. The lowest BCUT2D eigenvalue weighted by Gasteiger charge is -2.19. The van der Waals surface area contributed by atoms with E-state index in [0.717, 1.165) is 13.2 Å². The van der Waals surface area contributed by atoms with Crippen LogP contribution in [0.5, 0.6) is 0 Å². The van der Waals surface area contributed by atoms with Crippen LogP contribution in [-0.4, -0.2) is 43.1 Å². The molecule has 0 aromatic rings. The summed E-state index contributed by atoms with van der Waals surface area (Å²) < 4.78 is 5.51. The third kappa shape index (κ3) is 5.18. The molecular formula is C11H22ClNO. The van der Waals surface area contributed by atoms with Gasteiger partial charge in [-0.25, -0.2) is 0 Å². The molecule has 0 N–H and O–H groups in total. The molecule has 1 aliphatic rings. The number of ether oxygens (including phenoxy) is 1. The van der Waals surface area contributed by atoms with Crippen molar-refractivity contribution in [3.05, 3.63) is 0 Å². The van der Waals surface area contributed by atoms with Gasteiger partial charge in [0.1, 0.15) is 0 Å². The van der Waals surface area contributed by atoms with Crippen LogP contribution in [0, 0.1) is 5.92 Å². The molecule has 3 heteroatoms. The zero-order chi connectivity index (χ0) is 10.4. The van der Waals surface area contributed by atoms with Crippen LogP contribution in [0.1, 0.15) is 26.7 Å². The molecular weight excluding hydrogens is 198 g/mol. The molecule has 1 saturated heterocycles. The van der Waals surface area contributed by atoms with Gasteiger partial charge in [0.15, 0.2) is 0 Å². The first kappa shape index (κ1) is 12.3. The Kier molecular flexibility index (Phi) is 5.83. The SMILES string of the molecule is CC(C)COCC(Cl)CN1CCCC1. The van der Waals surface area contributed by atoms with Gasteiger partial charge >= 0.3 is 0 Å². The van der Waals surface area contributed by atoms with Crippen molar-refractivity contribution in [2.75, 3.05) is 32.8 Å². The number of likely N-dealkylation sites (tertiary alicyclic amines) is 1. The van der Waals surface area contributed by atoms with Crippen molar-refractivity contribution in [3.8, 4) is 0 Å². The van der Waals surface area contributed by atoms with E-state index in [2.05, 4.69) is 18.7 Å². The zero-order valence-corrected chi connectivity index (χ0v) is 10.1. The molecule has 0 aromatic carbocycles. The first-order chi connectivity index (χ1) is 6.68. The van der Waals surface area contributed by atoms with Gasteiger partial charge < -0.3 is 9.64 Å². The highest BCUT2D eigenvalue weighted by atomic mass is 35.5. The van der Waals surface area contributed by atoms with Gasteiger partial charge in [0.05, 0.1) is 12.0 Å². The summed E-state index contributed by atoms with van der Waals surface area (Å²) in [7, 11) is 0. The maximum absolute atomic E-state index is 6.18. The molecule has 14 heavy (non-hydrogen) atoms. The summed E-state index contributed by atoms with van der Waals surface area (Å²) in [6, 6.07) is 0. The van der Waals surface area contributed by atoms with Crippen molar-refractivity contribution in [1.29, 1.82) is 0 Å². The maximum Gasteiger partial charge on any atom is 0.0696 e. The van der Waals surface area contributed by atoms with Gasteiger partial charge in [0, 0.05) is 13.2 Å². The molecule has 1 rings (SSSR count). The lowest BCUT2D eigenvalue weighted by atomic mass is 10.2. The van der Waals surface area contributed by atoms with Crippen LogP contribution in [0.3, 0.4) is 0 Å². The van der Waals surface area contributed by atoms with Crippen molar-refractivity contribution < 1.29 is 4.74 Å². The first-order valence-corrected chi connectivity index (χ1v) is 6.06. The van der Waals surface area contributed by atoms with E-state index in [4.69, 9.17) is 16.3 Å². The topological polar surface area (TPSA) is 12.5 Å². The van der Waals surface area contributed by atoms with Crippen LogP contribution >= 0.6 is 11.6 Å². The Hall–Kier alpha value is 0.210. The van der Waals surface area contributed by atoms with Gasteiger partial charge in [-0.1, -0.05) is 13.8 Å². The lowest BCUT2D eigenvalue weighted by Crippen LogP contribution is -2.30. The number of hydrogen-bond acceptors (Lipinski definition) is 2. The fraction of sp³-hybridized carbons (Fsp3) is 1.00. The van der Waals surface area contributed by atoms with Gasteiger partial charge in [-0.05, 0) is 31.8 Å². The minimum Gasteiger partial charge on any atom is -0.380 e. The van der Waals surface area contributed by atoms with Crippen LogP contribution in [0.15, 0.2) is 0 Å². The van der Waals surface area contributed by atoms with E-state index in [-0.39, 0.29) is 5.38 Å². The summed E-state index contributed by atoms with van der Waals surface area (Å²) in [5.74, 6) is 0.602. The second-order valence-corrected chi connectivity index (χ2v) is 5.15. The summed E-state index contributed by atoms with van der Waals surface area (Å²) >= 11 is 6.18. The Balaban J connectivity index is 2.00. The second-order valence-electron chi connectivity index (χ2n) is 4.54. The maximum atomic E-state index is 6.18. The normalized spacial score (nSPS) is 20.6. The van der Waals surface area contributed by atoms with Gasteiger partial charge in [-0.15, -0.1) is 11.6 Å². The molecule has 0 saturated carbocycles. The van der Waals surface area contributed by atoms with Crippen LogP contribution in [0.4, 0.5) is 0 Å². The Labute approximate surface area is 92.6 Å². The molecule has 0 aromatic heterocycles. The second kappa shape index (κ2) is 6.65. The van der Waals surface area contributed by atoms with Crippen LogP contribution in [0.25, 0.3) is 0 Å². The molecule has 0 bridgehead atoms. The largest absolute Gasteiger partial charge is 0.380 e. The quantitative estimate of drug-likeness (QED) is 0.636. The van der Waals surface area contributed by atoms with E-state index in [1.165, 1.54) is 25.9 Å². The molecule has 0 aliphatic carbocycles. The van der Waals surface area contributed by atoms with E-state index >= 15 is 0 Å². The summed E-state index contributed by atoms with van der Waals surface area (Å²) in [5, 5.41) is 0.159. The fourth-order valence-electron chi connectivity index (χ4n) is 1.73. The number of halogens is 1. The van der Waals surface area contributed by atoms with Gasteiger partial charge in [-0.3, -0.25) is 0 Å². The Morgan fingerprint density at radius 1 is 1.21 bits per heavy atom. The van der Waals surface area contributed by atoms with Gasteiger partial charge in [0.2, 0.25) is 0 Å². The van der Waals surface area contributed by atoms with E-state index in [9.17, 15) is 0 Å². The standard InChI is InChI=1S/C11H22ClNO/c1-10(2)8-14-9-11(12)7-13-5-3-4-6-13/h10-11H,3-9H2,1-2H3. The number of alkyl halides is 1. The first-order valence-electron chi connectivity index (χ1n) is 5.62. The molecule has 2 nitrogen and oxygen atoms in total. The monoisotopic (exact) mass is 219 g/mol. The number of rotatable bonds is 6. The minimum atomic E-state index is 0.159. The highest BCUT2D eigenvalue weighted by Gasteiger charge is 2.15. The van der Waals surface area contributed by atoms with Crippen molar-refractivity contribution >= 4 is 11.6 Å². The fourth-order valence-corrected chi connectivity index (χ4v) is 2.01. The molecule has 0 amide bonds. The molecule has 1 unspecified atom stereocenters. The predicted molar refractivity (Wildman–Crippen MR) is 61.0 cm³/mol. The van der Waals surface area contributed by atoms with E-state index < -0.39 is 0 Å². The summed E-state index contributed by atoms with van der Waals surface area (Å²) in [5.41, 5.74) is 0. The Bertz CT molecular complexity index is 146. The molecule has 0 spiro atoms. The molecule has 1 atom stereocenters. The Morgan fingerprint density at radius 2 is 1.86 bits per heavy atom.